The Bertz CT molecular complexity index is 1030. The molecule has 1 N–H and O–H groups in total. The van der Waals surface area contributed by atoms with Crippen molar-refractivity contribution in [1.82, 2.24) is 9.62 Å². The SMILES string of the molecule is COc1ccc(S(=O)(=O)N2CCC(C)CC2)cc1C(=O)NCCSCc1cccc(C)c1. The molecule has 1 aliphatic rings. The fourth-order valence-corrected chi connectivity index (χ4v) is 6.03. The first kappa shape index (κ1) is 24.6. The Kier molecular flexibility index (Phi) is 8.62. The summed E-state index contributed by atoms with van der Waals surface area (Å²) in [6, 6.07) is 12.9. The minimum atomic E-state index is -3.64. The van der Waals surface area contributed by atoms with Gasteiger partial charge in [-0.2, -0.15) is 16.1 Å². The van der Waals surface area contributed by atoms with Crippen LogP contribution < -0.4 is 10.1 Å². The molecule has 0 radical (unpaired) electrons. The molecule has 0 aliphatic carbocycles. The molecule has 0 aromatic heterocycles. The monoisotopic (exact) mass is 476 g/mol. The van der Waals surface area contributed by atoms with Crippen LogP contribution in [0.2, 0.25) is 0 Å². The zero-order valence-electron chi connectivity index (χ0n) is 19.0. The van der Waals surface area contributed by atoms with Crippen LogP contribution in [0.15, 0.2) is 47.4 Å². The van der Waals surface area contributed by atoms with Gasteiger partial charge in [0.05, 0.1) is 17.6 Å². The lowest BCUT2D eigenvalue weighted by Crippen LogP contribution is -2.38. The Morgan fingerprint density at radius 1 is 1.19 bits per heavy atom. The first-order valence-electron chi connectivity index (χ1n) is 10.9. The van der Waals surface area contributed by atoms with Gasteiger partial charge in [-0.25, -0.2) is 8.42 Å². The van der Waals surface area contributed by atoms with E-state index in [-0.39, 0.29) is 16.4 Å². The summed E-state index contributed by atoms with van der Waals surface area (Å²) in [6.07, 6.45) is 1.70. The summed E-state index contributed by atoms with van der Waals surface area (Å²) < 4.78 is 33.0. The summed E-state index contributed by atoms with van der Waals surface area (Å²) in [5.74, 6) is 2.19. The van der Waals surface area contributed by atoms with E-state index in [1.54, 1.807) is 17.8 Å². The summed E-state index contributed by atoms with van der Waals surface area (Å²) >= 11 is 1.74. The molecule has 1 heterocycles. The standard InChI is InChI=1S/C24H32N2O4S2/c1-18-9-12-26(13-10-18)32(28,29)21-7-8-23(30-3)22(16-21)24(27)25-11-14-31-17-20-6-4-5-19(2)15-20/h4-8,15-16,18H,9-14,17H2,1-3H3,(H,25,27). The van der Waals surface area contributed by atoms with E-state index in [4.69, 9.17) is 4.74 Å². The molecular formula is C24H32N2O4S2. The van der Waals surface area contributed by atoms with Crippen molar-refractivity contribution < 1.29 is 17.9 Å². The maximum atomic E-state index is 13.1. The van der Waals surface area contributed by atoms with Crippen molar-refractivity contribution in [2.45, 2.75) is 37.3 Å². The molecule has 1 amide bonds. The molecule has 1 fully saturated rings. The van der Waals surface area contributed by atoms with E-state index in [0.717, 1.165) is 24.3 Å². The van der Waals surface area contributed by atoms with Crippen LogP contribution in [0, 0.1) is 12.8 Å². The Labute approximate surface area is 195 Å². The van der Waals surface area contributed by atoms with Crippen LogP contribution in [0.25, 0.3) is 0 Å². The molecule has 2 aromatic rings. The molecule has 1 aliphatic heterocycles. The van der Waals surface area contributed by atoms with Crippen molar-refractivity contribution in [2.24, 2.45) is 5.92 Å². The van der Waals surface area contributed by atoms with Crippen molar-refractivity contribution in [3.8, 4) is 5.75 Å². The number of nitrogens with one attached hydrogen (secondary N) is 1. The van der Waals surface area contributed by atoms with Gasteiger partial charge in [-0.05, 0) is 49.4 Å². The highest BCUT2D eigenvalue weighted by Crippen LogP contribution is 2.27. The Hall–Kier alpha value is -2.03. The third-order valence-corrected chi connectivity index (χ3v) is 8.60. The maximum absolute atomic E-state index is 13.1. The molecular weight excluding hydrogens is 444 g/mol. The molecule has 32 heavy (non-hydrogen) atoms. The number of sulfonamides is 1. The number of carbonyl (C=O) groups is 1. The van der Waals surface area contributed by atoms with E-state index in [1.807, 2.05) is 6.07 Å². The minimum Gasteiger partial charge on any atom is -0.496 e. The Morgan fingerprint density at radius 3 is 2.62 bits per heavy atom. The fraction of sp³-hybridized carbons (Fsp3) is 0.458. The van der Waals surface area contributed by atoms with Crippen LogP contribution >= 0.6 is 11.8 Å². The lowest BCUT2D eigenvalue weighted by atomic mass is 10.0. The van der Waals surface area contributed by atoms with Gasteiger partial charge in [0.25, 0.3) is 5.91 Å². The van der Waals surface area contributed by atoms with E-state index in [0.29, 0.717) is 31.3 Å². The quantitative estimate of drug-likeness (QED) is 0.552. The predicted molar refractivity (Wildman–Crippen MR) is 130 cm³/mol. The Balaban J connectivity index is 1.61. The second kappa shape index (κ2) is 11.2. The highest BCUT2D eigenvalue weighted by molar-refractivity contribution is 7.98. The molecule has 1 saturated heterocycles. The number of thioether (sulfide) groups is 1. The summed E-state index contributed by atoms with van der Waals surface area (Å²) in [5, 5.41) is 2.89. The van der Waals surface area contributed by atoms with E-state index >= 15 is 0 Å². The van der Waals surface area contributed by atoms with Gasteiger partial charge >= 0.3 is 0 Å². The van der Waals surface area contributed by atoms with Crippen LogP contribution in [-0.2, 0) is 15.8 Å². The van der Waals surface area contributed by atoms with E-state index in [1.165, 1.54) is 34.7 Å². The van der Waals surface area contributed by atoms with Crippen molar-refractivity contribution in [3.63, 3.8) is 0 Å². The van der Waals surface area contributed by atoms with Crippen LogP contribution in [0.1, 0.15) is 41.3 Å². The third kappa shape index (κ3) is 6.27. The molecule has 0 atom stereocenters. The second-order valence-electron chi connectivity index (χ2n) is 8.25. The van der Waals surface area contributed by atoms with Crippen LogP contribution in [0.5, 0.6) is 5.75 Å². The molecule has 0 saturated carbocycles. The summed E-state index contributed by atoms with van der Waals surface area (Å²) in [7, 11) is -2.16. The van der Waals surface area contributed by atoms with Gasteiger partial charge < -0.3 is 10.1 Å². The smallest absolute Gasteiger partial charge is 0.255 e. The molecule has 0 unspecified atom stereocenters. The Morgan fingerprint density at radius 2 is 1.94 bits per heavy atom. The van der Waals surface area contributed by atoms with Crippen LogP contribution in [0.3, 0.4) is 0 Å². The number of piperidine rings is 1. The fourth-order valence-electron chi connectivity index (χ4n) is 3.72. The molecule has 2 aromatic carbocycles. The summed E-state index contributed by atoms with van der Waals surface area (Å²) in [6.45, 7) is 5.71. The van der Waals surface area contributed by atoms with Gasteiger partial charge in [0.15, 0.2) is 0 Å². The predicted octanol–water partition coefficient (Wildman–Crippen LogP) is 4.09. The maximum Gasteiger partial charge on any atom is 0.255 e. The lowest BCUT2D eigenvalue weighted by Gasteiger charge is -2.29. The largest absolute Gasteiger partial charge is 0.496 e. The van der Waals surface area contributed by atoms with Crippen molar-refractivity contribution >= 4 is 27.7 Å². The zero-order valence-corrected chi connectivity index (χ0v) is 20.6. The average molecular weight is 477 g/mol. The van der Waals surface area contributed by atoms with Gasteiger partial charge in [-0.1, -0.05) is 36.8 Å². The summed E-state index contributed by atoms with van der Waals surface area (Å²) in [4.78, 5) is 12.9. The highest BCUT2D eigenvalue weighted by atomic mass is 32.2. The molecule has 6 nitrogen and oxygen atoms in total. The molecule has 0 bridgehead atoms. The zero-order chi connectivity index (χ0) is 23.1. The molecule has 3 rings (SSSR count). The van der Waals surface area contributed by atoms with Crippen molar-refractivity contribution in [1.29, 1.82) is 0 Å². The van der Waals surface area contributed by atoms with Gasteiger partial charge in [0, 0.05) is 31.1 Å². The number of rotatable bonds is 9. The number of amides is 1. The number of methoxy groups -OCH3 is 1. The number of nitrogens with zero attached hydrogens (tertiary/aromatic N) is 1. The summed E-state index contributed by atoms with van der Waals surface area (Å²) in [5.41, 5.74) is 2.73. The van der Waals surface area contributed by atoms with Gasteiger partial charge in [-0.15, -0.1) is 0 Å². The second-order valence-corrected chi connectivity index (χ2v) is 11.3. The first-order valence-corrected chi connectivity index (χ1v) is 13.5. The minimum absolute atomic E-state index is 0.131. The van der Waals surface area contributed by atoms with Crippen LogP contribution in [-0.4, -0.2) is 51.1 Å². The first-order chi connectivity index (χ1) is 15.3. The number of carbonyl (C=O) groups excluding carboxylic acids is 1. The van der Waals surface area contributed by atoms with Gasteiger partial charge in [-0.3, -0.25) is 4.79 Å². The van der Waals surface area contributed by atoms with Gasteiger partial charge in [0.2, 0.25) is 10.0 Å². The van der Waals surface area contributed by atoms with Gasteiger partial charge in [0.1, 0.15) is 5.75 Å². The van der Waals surface area contributed by atoms with E-state index in [9.17, 15) is 13.2 Å². The molecule has 8 heteroatoms. The van der Waals surface area contributed by atoms with E-state index < -0.39 is 10.0 Å². The molecule has 0 spiro atoms. The normalized spacial score (nSPS) is 15.5. The number of ether oxygens (including phenoxy) is 1. The topological polar surface area (TPSA) is 75.7 Å². The number of hydrogen-bond acceptors (Lipinski definition) is 5. The average Bonchev–Trinajstić information content (AvgIpc) is 2.78. The number of benzene rings is 2. The third-order valence-electron chi connectivity index (χ3n) is 5.68. The van der Waals surface area contributed by atoms with Crippen molar-refractivity contribution in [3.05, 3.63) is 59.2 Å². The van der Waals surface area contributed by atoms with Crippen LogP contribution in [0.4, 0.5) is 0 Å². The highest BCUT2D eigenvalue weighted by Gasteiger charge is 2.29. The van der Waals surface area contributed by atoms with Crippen molar-refractivity contribution in [2.75, 3.05) is 32.5 Å². The number of hydrogen-bond donors (Lipinski definition) is 1. The van der Waals surface area contributed by atoms with E-state index in [2.05, 4.69) is 37.4 Å². The lowest BCUT2D eigenvalue weighted by molar-refractivity contribution is 0.0953. The number of aryl methyl sites for hydroxylation is 1. The molecule has 174 valence electrons.